The number of fused-ring (bicyclic) bond motifs is 1. The smallest absolute Gasteiger partial charge is 0.310 e. The van der Waals surface area contributed by atoms with Crippen molar-refractivity contribution >= 4 is 17.8 Å². The van der Waals surface area contributed by atoms with Crippen LogP contribution in [-0.2, 0) is 25.5 Å². The second kappa shape index (κ2) is 9.88. The van der Waals surface area contributed by atoms with Crippen molar-refractivity contribution in [3.05, 3.63) is 48.6 Å². The molecule has 34 heavy (non-hydrogen) atoms. The fourth-order valence-electron chi connectivity index (χ4n) is 6.15. The van der Waals surface area contributed by atoms with Gasteiger partial charge >= 0.3 is 5.97 Å². The molecule has 2 amide bonds. The highest BCUT2D eigenvalue weighted by molar-refractivity contribution is 5.98. The first-order chi connectivity index (χ1) is 16.4. The van der Waals surface area contributed by atoms with Crippen molar-refractivity contribution in [3.63, 3.8) is 0 Å². The van der Waals surface area contributed by atoms with Gasteiger partial charge in [-0.2, -0.15) is 0 Å². The van der Waals surface area contributed by atoms with Crippen molar-refractivity contribution in [3.8, 4) is 0 Å². The molecule has 1 spiro atoms. The van der Waals surface area contributed by atoms with Crippen LogP contribution in [0.15, 0.2) is 43.0 Å². The minimum absolute atomic E-state index is 0.262. The Kier molecular flexibility index (Phi) is 7.09. The van der Waals surface area contributed by atoms with Gasteiger partial charge < -0.3 is 24.7 Å². The fraction of sp³-hybridized carbons (Fsp3) is 0.577. The van der Waals surface area contributed by atoms with Crippen molar-refractivity contribution < 1.29 is 29.3 Å². The Bertz CT molecular complexity index is 936. The van der Waals surface area contributed by atoms with Crippen LogP contribution in [0.1, 0.15) is 38.2 Å². The fourth-order valence-corrected chi connectivity index (χ4v) is 6.15. The molecule has 0 aliphatic carbocycles. The van der Waals surface area contributed by atoms with Gasteiger partial charge in [-0.25, -0.2) is 0 Å². The number of rotatable bonds is 11. The average molecular weight is 471 g/mol. The van der Waals surface area contributed by atoms with Gasteiger partial charge in [0.1, 0.15) is 11.6 Å². The molecule has 4 rings (SSSR count). The highest BCUT2D eigenvalue weighted by atomic mass is 16.5. The molecule has 0 saturated carbocycles. The first-order valence-corrected chi connectivity index (χ1v) is 12.2. The Morgan fingerprint density at radius 3 is 2.71 bits per heavy atom. The molecule has 0 unspecified atom stereocenters. The van der Waals surface area contributed by atoms with Gasteiger partial charge in [0.05, 0.1) is 30.6 Å². The van der Waals surface area contributed by atoms with E-state index >= 15 is 0 Å². The van der Waals surface area contributed by atoms with E-state index in [9.17, 15) is 24.6 Å². The number of nitrogens with zero attached hydrogens (tertiary/aromatic N) is 2. The van der Waals surface area contributed by atoms with Crippen molar-refractivity contribution in [2.24, 2.45) is 11.8 Å². The molecule has 1 aromatic carbocycles. The summed E-state index contributed by atoms with van der Waals surface area (Å²) in [5.41, 5.74) is -0.262. The normalized spacial score (nSPS) is 30.3. The molecule has 3 aliphatic heterocycles. The van der Waals surface area contributed by atoms with Gasteiger partial charge in [-0.15, -0.1) is 6.58 Å². The number of hydrogen-bond donors (Lipinski definition) is 2. The molecule has 184 valence electrons. The van der Waals surface area contributed by atoms with Crippen LogP contribution in [-0.4, -0.2) is 81.3 Å². The van der Waals surface area contributed by atoms with E-state index in [0.29, 0.717) is 32.4 Å². The van der Waals surface area contributed by atoms with Crippen LogP contribution in [0, 0.1) is 11.8 Å². The average Bonchev–Trinajstić information content (AvgIpc) is 3.48. The largest absolute Gasteiger partial charge is 0.481 e. The summed E-state index contributed by atoms with van der Waals surface area (Å²) < 4.78 is 6.27. The Labute approximate surface area is 200 Å². The minimum atomic E-state index is -1.18. The Balaban J connectivity index is 1.76. The number of carboxylic acid groups (broad SMARTS) is 1. The molecule has 6 atom stereocenters. The summed E-state index contributed by atoms with van der Waals surface area (Å²) in [5.74, 6) is -3.66. The number of aliphatic carboxylic acids is 1. The van der Waals surface area contributed by atoms with E-state index in [1.807, 2.05) is 37.3 Å². The number of carbonyl (C=O) groups excluding carboxylic acids is 2. The molecule has 3 saturated heterocycles. The molecule has 8 nitrogen and oxygen atoms in total. The second-order valence-corrected chi connectivity index (χ2v) is 9.59. The van der Waals surface area contributed by atoms with E-state index in [-0.39, 0.29) is 12.5 Å². The maximum atomic E-state index is 14.0. The van der Waals surface area contributed by atoms with Gasteiger partial charge in [0.25, 0.3) is 0 Å². The summed E-state index contributed by atoms with van der Waals surface area (Å²) in [5, 5.41) is 20.3. The first kappa shape index (κ1) is 24.4. The molecule has 8 heteroatoms. The lowest BCUT2D eigenvalue weighted by molar-refractivity contribution is -0.153. The number of benzene rings is 1. The predicted molar refractivity (Wildman–Crippen MR) is 125 cm³/mol. The van der Waals surface area contributed by atoms with Crippen molar-refractivity contribution in [1.82, 2.24) is 9.80 Å². The third-order valence-corrected chi connectivity index (χ3v) is 7.62. The highest BCUT2D eigenvalue weighted by Gasteiger charge is 2.75. The lowest BCUT2D eigenvalue weighted by Crippen LogP contribution is -2.59. The van der Waals surface area contributed by atoms with Crippen LogP contribution in [0.4, 0.5) is 0 Å². The Morgan fingerprint density at radius 2 is 2.09 bits per heavy atom. The molecule has 2 N–H and O–H groups in total. The maximum absolute atomic E-state index is 14.0. The van der Waals surface area contributed by atoms with E-state index in [4.69, 9.17) is 4.74 Å². The summed E-state index contributed by atoms with van der Waals surface area (Å²) in [4.78, 5) is 43.2. The lowest BCUT2D eigenvalue weighted by Gasteiger charge is -2.39. The number of carbonyl (C=O) groups is 3. The van der Waals surface area contributed by atoms with Crippen LogP contribution < -0.4 is 0 Å². The summed E-state index contributed by atoms with van der Waals surface area (Å²) in [7, 11) is 0. The maximum Gasteiger partial charge on any atom is 0.310 e. The Hall–Kier alpha value is -2.71. The summed E-state index contributed by atoms with van der Waals surface area (Å²) in [6, 6.07) is 7.83. The summed E-state index contributed by atoms with van der Waals surface area (Å²) in [6.45, 7) is 6.31. The number of hydrogen-bond acceptors (Lipinski definition) is 5. The van der Waals surface area contributed by atoms with Crippen molar-refractivity contribution in [1.29, 1.82) is 0 Å². The summed E-state index contributed by atoms with van der Waals surface area (Å²) >= 11 is 0. The van der Waals surface area contributed by atoms with Crippen molar-refractivity contribution in [2.45, 2.75) is 62.8 Å². The number of aliphatic hydroxyl groups is 1. The summed E-state index contributed by atoms with van der Waals surface area (Å²) in [6.07, 6.45) is 4.08. The molecule has 2 bridgehead atoms. The standard InChI is InChI=1S/C26H34N2O6/c1-3-5-14-27(13-4-2)24(31)22-26-12-11-19(34-26)20(25(32)33)21(26)23(30)28(22)18(16-29)15-17-9-7-6-8-10-17/h4,6-10,18-22,29H,2-3,5,11-16H2,1H3,(H,32,33)/t18-,19-,20+,21+,22-,26+/m1/s1. The lowest BCUT2D eigenvalue weighted by atomic mass is 9.70. The first-order valence-electron chi connectivity index (χ1n) is 12.2. The zero-order valence-electron chi connectivity index (χ0n) is 19.6. The van der Waals surface area contributed by atoms with Gasteiger partial charge in [0.15, 0.2) is 0 Å². The van der Waals surface area contributed by atoms with Gasteiger partial charge in [-0.3, -0.25) is 14.4 Å². The van der Waals surface area contributed by atoms with Crippen LogP contribution in [0.2, 0.25) is 0 Å². The van der Waals surface area contributed by atoms with E-state index < -0.39 is 47.5 Å². The predicted octanol–water partition coefficient (Wildman–Crippen LogP) is 1.86. The zero-order chi connectivity index (χ0) is 24.5. The quantitative estimate of drug-likeness (QED) is 0.478. The van der Waals surface area contributed by atoms with E-state index in [1.54, 1.807) is 11.0 Å². The third-order valence-electron chi connectivity index (χ3n) is 7.62. The number of ether oxygens (including phenoxy) is 1. The molecule has 1 aromatic rings. The van der Waals surface area contributed by atoms with E-state index in [1.165, 1.54) is 4.90 Å². The molecule has 3 aliphatic rings. The van der Waals surface area contributed by atoms with Crippen LogP contribution in [0.25, 0.3) is 0 Å². The molecule has 0 radical (unpaired) electrons. The molecule has 3 fully saturated rings. The minimum Gasteiger partial charge on any atom is -0.481 e. The number of aliphatic hydroxyl groups excluding tert-OH is 1. The Morgan fingerprint density at radius 1 is 1.35 bits per heavy atom. The van der Waals surface area contributed by atoms with Crippen LogP contribution in [0.3, 0.4) is 0 Å². The number of amides is 2. The topological polar surface area (TPSA) is 107 Å². The highest BCUT2D eigenvalue weighted by Crippen LogP contribution is 2.59. The van der Waals surface area contributed by atoms with Crippen LogP contribution in [0.5, 0.6) is 0 Å². The molecule has 3 heterocycles. The molecular weight excluding hydrogens is 436 g/mol. The van der Waals surface area contributed by atoms with E-state index in [0.717, 1.165) is 18.4 Å². The van der Waals surface area contributed by atoms with Gasteiger partial charge in [-0.1, -0.05) is 49.8 Å². The zero-order valence-corrected chi connectivity index (χ0v) is 19.6. The van der Waals surface area contributed by atoms with E-state index in [2.05, 4.69) is 6.58 Å². The molecular formula is C26H34N2O6. The van der Waals surface area contributed by atoms with Crippen LogP contribution >= 0.6 is 0 Å². The molecule has 0 aromatic heterocycles. The number of likely N-dealkylation sites (tertiary alicyclic amines) is 1. The monoisotopic (exact) mass is 470 g/mol. The van der Waals surface area contributed by atoms with Crippen molar-refractivity contribution in [2.75, 3.05) is 19.7 Å². The number of unbranched alkanes of at least 4 members (excludes halogenated alkanes) is 1. The van der Waals surface area contributed by atoms with Gasteiger partial charge in [0, 0.05) is 13.1 Å². The number of carboxylic acids is 1. The van der Waals surface area contributed by atoms with Gasteiger partial charge in [0.2, 0.25) is 11.8 Å². The second-order valence-electron chi connectivity index (χ2n) is 9.59. The SMILES string of the molecule is C=CCN(CCCC)C(=O)[C@H]1N([C@@H](CO)Cc2ccccc2)C(=O)[C@@H]2[C@@H](C(=O)O)[C@H]3CC[C@]21O3. The van der Waals surface area contributed by atoms with Gasteiger partial charge in [-0.05, 0) is 31.2 Å². The third kappa shape index (κ3) is 3.92.